The van der Waals surface area contributed by atoms with Gasteiger partial charge in [-0.3, -0.25) is 0 Å². The number of benzene rings is 2. The number of halogens is 1. The maximum absolute atomic E-state index is 3.63. The minimum absolute atomic E-state index is 1.11. The van der Waals surface area contributed by atoms with E-state index in [0.29, 0.717) is 0 Å². The van der Waals surface area contributed by atoms with Crippen LogP contribution in [0.3, 0.4) is 0 Å². The molecule has 18 heavy (non-hydrogen) atoms. The van der Waals surface area contributed by atoms with Crippen molar-refractivity contribution < 1.29 is 0 Å². The number of hydrogen-bond donors (Lipinski definition) is 1. The van der Waals surface area contributed by atoms with E-state index in [2.05, 4.69) is 79.3 Å². The lowest BCUT2D eigenvalue weighted by atomic mass is 10.1. The summed E-state index contributed by atoms with van der Waals surface area (Å²) >= 11 is 3.63. The highest BCUT2D eigenvalue weighted by Gasteiger charge is 2.06. The number of aryl methyl sites for hydroxylation is 4. The Labute approximate surface area is 117 Å². The Morgan fingerprint density at radius 2 is 1.50 bits per heavy atom. The second-order valence-corrected chi connectivity index (χ2v) is 5.74. The van der Waals surface area contributed by atoms with Gasteiger partial charge in [0.2, 0.25) is 0 Å². The first-order valence-corrected chi connectivity index (χ1v) is 6.87. The van der Waals surface area contributed by atoms with Gasteiger partial charge in [-0.25, -0.2) is 0 Å². The summed E-state index contributed by atoms with van der Waals surface area (Å²) in [6, 6.07) is 10.8. The number of nitrogens with one attached hydrogen (secondary N) is 1. The molecule has 0 saturated carbocycles. The molecule has 1 N–H and O–H groups in total. The molecule has 1 nitrogen and oxygen atoms in total. The molecule has 2 heteroatoms. The van der Waals surface area contributed by atoms with Gasteiger partial charge in [-0.15, -0.1) is 0 Å². The van der Waals surface area contributed by atoms with E-state index in [1.54, 1.807) is 0 Å². The van der Waals surface area contributed by atoms with Crippen LogP contribution in [0, 0.1) is 27.7 Å². The molecule has 0 heterocycles. The Kier molecular flexibility index (Phi) is 3.76. The van der Waals surface area contributed by atoms with Crippen molar-refractivity contribution in [1.82, 2.24) is 0 Å². The molecular weight excluding hydrogens is 286 g/mol. The maximum atomic E-state index is 3.63. The molecule has 2 aromatic rings. The van der Waals surface area contributed by atoms with Crippen molar-refractivity contribution in [3.8, 4) is 0 Å². The summed E-state index contributed by atoms with van der Waals surface area (Å²) in [7, 11) is 0. The molecule has 0 aliphatic rings. The molecule has 0 unspecified atom stereocenters. The average molecular weight is 304 g/mol. The molecule has 0 fully saturated rings. The van der Waals surface area contributed by atoms with Gasteiger partial charge in [0.25, 0.3) is 0 Å². The fourth-order valence-corrected chi connectivity index (χ4v) is 2.94. The average Bonchev–Trinajstić information content (AvgIpc) is 2.25. The second-order valence-electron chi connectivity index (χ2n) is 4.88. The first kappa shape index (κ1) is 13.2. The summed E-state index contributed by atoms with van der Waals surface area (Å²) in [4.78, 5) is 0. The Hall–Kier alpha value is -1.28. The minimum Gasteiger partial charge on any atom is -0.354 e. The van der Waals surface area contributed by atoms with Crippen LogP contribution in [-0.4, -0.2) is 0 Å². The van der Waals surface area contributed by atoms with Gasteiger partial charge < -0.3 is 5.32 Å². The lowest BCUT2D eigenvalue weighted by molar-refractivity contribution is 1.32. The standard InChI is InChI=1S/C16H18BrN/c1-10-5-6-15(12(3)7-10)18-16-13(4)8-11(2)9-14(16)17/h5-9,18H,1-4H3. The molecule has 0 aliphatic carbocycles. The summed E-state index contributed by atoms with van der Waals surface area (Å²) < 4.78 is 1.11. The van der Waals surface area contributed by atoms with Gasteiger partial charge in [-0.05, 0) is 72.4 Å². The van der Waals surface area contributed by atoms with Gasteiger partial charge in [0, 0.05) is 10.2 Å². The van der Waals surface area contributed by atoms with Crippen molar-refractivity contribution in [3.63, 3.8) is 0 Å². The highest BCUT2D eigenvalue weighted by molar-refractivity contribution is 9.10. The van der Waals surface area contributed by atoms with Crippen LogP contribution in [0.15, 0.2) is 34.8 Å². The Morgan fingerprint density at radius 3 is 2.11 bits per heavy atom. The van der Waals surface area contributed by atoms with Crippen LogP contribution in [0.2, 0.25) is 0 Å². The zero-order chi connectivity index (χ0) is 13.3. The predicted octanol–water partition coefficient (Wildman–Crippen LogP) is 5.43. The van der Waals surface area contributed by atoms with Gasteiger partial charge in [-0.1, -0.05) is 23.8 Å². The van der Waals surface area contributed by atoms with E-state index in [1.165, 1.54) is 22.3 Å². The second kappa shape index (κ2) is 5.15. The third-order valence-electron chi connectivity index (χ3n) is 3.07. The molecule has 0 saturated heterocycles. The molecule has 2 rings (SSSR count). The van der Waals surface area contributed by atoms with Crippen LogP contribution in [0.1, 0.15) is 22.3 Å². The molecular formula is C16H18BrN. The molecule has 0 bridgehead atoms. The van der Waals surface area contributed by atoms with Gasteiger partial charge in [0.05, 0.1) is 5.69 Å². The minimum atomic E-state index is 1.11. The summed E-state index contributed by atoms with van der Waals surface area (Å²) in [6.07, 6.45) is 0. The Bertz CT molecular complexity index is 565. The summed E-state index contributed by atoms with van der Waals surface area (Å²) in [5.74, 6) is 0. The molecule has 94 valence electrons. The maximum Gasteiger partial charge on any atom is 0.0558 e. The zero-order valence-electron chi connectivity index (χ0n) is 11.3. The highest BCUT2D eigenvalue weighted by atomic mass is 79.9. The van der Waals surface area contributed by atoms with Crippen molar-refractivity contribution in [3.05, 3.63) is 57.1 Å². The SMILES string of the molecule is Cc1ccc(Nc2c(C)cc(C)cc2Br)c(C)c1. The third-order valence-corrected chi connectivity index (χ3v) is 3.70. The van der Waals surface area contributed by atoms with E-state index in [-0.39, 0.29) is 0 Å². The molecule has 0 spiro atoms. The third kappa shape index (κ3) is 2.75. The topological polar surface area (TPSA) is 12.0 Å². The Morgan fingerprint density at radius 1 is 0.833 bits per heavy atom. The van der Waals surface area contributed by atoms with Gasteiger partial charge in [0.1, 0.15) is 0 Å². The van der Waals surface area contributed by atoms with Crippen LogP contribution in [0.5, 0.6) is 0 Å². The first-order valence-electron chi connectivity index (χ1n) is 6.08. The van der Waals surface area contributed by atoms with Crippen LogP contribution in [-0.2, 0) is 0 Å². The van der Waals surface area contributed by atoms with E-state index >= 15 is 0 Å². The number of hydrogen-bond acceptors (Lipinski definition) is 1. The predicted molar refractivity (Wildman–Crippen MR) is 82.8 cm³/mol. The molecule has 0 aromatic heterocycles. The van der Waals surface area contributed by atoms with Crippen LogP contribution < -0.4 is 5.32 Å². The van der Waals surface area contributed by atoms with E-state index in [4.69, 9.17) is 0 Å². The van der Waals surface area contributed by atoms with Crippen LogP contribution in [0.4, 0.5) is 11.4 Å². The Balaban J connectivity index is 2.40. The quantitative estimate of drug-likeness (QED) is 0.780. The van der Waals surface area contributed by atoms with E-state index < -0.39 is 0 Å². The molecule has 0 aliphatic heterocycles. The van der Waals surface area contributed by atoms with Crippen LogP contribution >= 0.6 is 15.9 Å². The first-order chi connectivity index (χ1) is 8.47. The molecule has 0 atom stereocenters. The lowest BCUT2D eigenvalue weighted by Gasteiger charge is -2.15. The molecule has 2 aromatic carbocycles. The van der Waals surface area contributed by atoms with Gasteiger partial charge in [-0.2, -0.15) is 0 Å². The molecule has 0 amide bonds. The summed E-state index contributed by atoms with van der Waals surface area (Å²) in [6.45, 7) is 8.48. The summed E-state index contributed by atoms with van der Waals surface area (Å²) in [5, 5.41) is 3.52. The van der Waals surface area contributed by atoms with E-state index in [1.807, 2.05) is 0 Å². The van der Waals surface area contributed by atoms with Gasteiger partial charge in [0.15, 0.2) is 0 Å². The van der Waals surface area contributed by atoms with Crippen molar-refractivity contribution >= 4 is 27.3 Å². The van der Waals surface area contributed by atoms with Crippen molar-refractivity contribution in [2.75, 3.05) is 5.32 Å². The monoisotopic (exact) mass is 303 g/mol. The normalized spacial score (nSPS) is 10.5. The van der Waals surface area contributed by atoms with Gasteiger partial charge >= 0.3 is 0 Å². The van der Waals surface area contributed by atoms with E-state index in [9.17, 15) is 0 Å². The number of anilines is 2. The zero-order valence-corrected chi connectivity index (χ0v) is 12.9. The lowest BCUT2D eigenvalue weighted by Crippen LogP contribution is -1.97. The number of rotatable bonds is 2. The fourth-order valence-electron chi connectivity index (χ4n) is 2.16. The van der Waals surface area contributed by atoms with Crippen molar-refractivity contribution in [2.45, 2.75) is 27.7 Å². The summed E-state index contributed by atoms with van der Waals surface area (Å²) in [5.41, 5.74) is 7.38. The smallest absolute Gasteiger partial charge is 0.0558 e. The van der Waals surface area contributed by atoms with E-state index in [0.717, 1.165) is 15.8 Å². The molecule has 0 radical (unpaired) electrons. The fraction of sp³-hybridized carbons (Fsp3) is 0.250. The van der Waals surface area contributed by atoms with Crippen LogP contribution in [0.25, 0.3) is 0 Å². The largest absolute Gasteiger partial charge is 0.354 e. The van der Waals surface area contributed by atoms with Crippen molar-refractivity contribution in [1.29, 1.82) is 0 Å². The van der Waals surface area contributed by atoms with Crippen molar-refractivity contribution in [2.24, 2.45) is 0 Å². The highest BCUT2D eigenvalue weighted by Crippen LogP contribution is 2.31.